The molecule has 0 spiro atoms. The molecule has 0 aliphatic heterocycles. The van der Waals surface area contributed by atoms with Crippen LogP contribution in [-0.4, -0.2) is 39.3 Å². The van der Waals surface area contributed by atoms with Gasteiger partial charge in [-0.25, -0.2) is 0 Å². The number of carbonyl (C=O) groups is 1. The first kappa shape index (κ1) is 20.4. The quantitative estimate of drug-likeness (QED) is 0.530. The lowest BCUT2D eigenvalue weighted by molar-refractivity contribution is -0.274. The van der Waals surface area contributed by atoms with Crippen molar-refractivity contribution in [3.05, 3.63) is 54.1 Å². The Morgan fingerprint density at radius 3 is 2.33 bits per heavy atom. The Labute approximate surface area is 153 Å². The number of nitrogens with one attached hydrogen (secondary N) is 1. The average Bonchev–Trinajstić information content (AvgIpc) is 2.63. The van der Waals surface area contributed by atoms with E-state index in [1.807, 2.05) is 0 Å². The van der Waals surface area contributed by atoms with Crippen molar-refractivity contribution < 1.29 is 36.9 Å². The number of carbonyl (C=O) groups excluding carboxylic acids is 1. The van der Waals surface area contributed by atoms with Gasteiger partial charge in [0.25, 0.3) is 5.91 Å². The molecule has 0 saturated heterocycles. The van der Waals surface area contributed by atoms with Crippen LogP contribution in [-0.2, 0) is 4.74 Å². The van der Waals surface area contributed by atoms with Crippen LogP contribution < -0.4 is 19.5 Å². The molecule has 0 aromatic heterocycles. The van der Waals surface area contributed by atoms with Crippen LogP contribution in [0.2, 0.25) is 0 Å². The van der Waals surface area contributed by atoms with E-state index in [0.29, 0.717) is 17.1 Å². The summed E-state index contributed by atoms with van der Waals surface area (Å²) in [6, 6.07) is 11.7. The normalized spacial score (nSPS) is 11.0. The molecular formula is C18H18F3NO5. The van der Waals surface area contributed by atoms with Gasteiger partial charge in [-0.05, 0) is 36.4 Å². The van der Waals surface area contributed by atoms with Crippen molar-refractivity contribution in [1.82, 2.24) is 5.32 Å². The second-order valence-corrected chi connectivity index (χ2v) is 5.17. The van der Waals surface area contributed by atoms with Crippen LogP contribution in [0.5, 0.6) is 17.2 Å². The molecule has 0 atom stereocenters. The fourth-order valence-electron chi connectivity index (χ4n) is 2.07. The minimum atomic E-state index is -4.74. The predicted molar refractivity (Wildman–Crippen MR) is 89.9 cm³/mol. The highest BCUT2D eigenvalue weighted by Gasteiger charge is 2.30. The first-order valence-corrected chi connectivity index (χ1v) is 7.86. The number of alkyl halides is 3. The molecule has 2 rings (SSSR count). The van der Waals surface area contributed by atoms with Crippen LogP contribution >= 0.6 is 0 Å². The van der Waals surface area contributed by atoms with Crippen molar-refractivity contribution in [3.63, 3.8) is 0 Å². The van der Waals surface area contributed by atoms with Crippen molar-refractivity contribution in [2.45, 2.75) is 6.36 Å². The molecule has 0 unspecified atom stereocenters. The number of ether oxygens (including phenoxy) is 4. The highest BCUT2D eigenvalue weighted by Crippen LogP contribution is 2.24. The van der Waals surface area contributed by atoms with Crippen molar-refractivity contribution in [1.29, 1.82) is 0 Å². The van der Waals surface area contributed by atoms with Gasteiger partial charge in [0, 0.05) is 7.11 Å². The summed E-state index contributed by atoms with van der Waals surface area (Å²) in [7, 11) is 1.47. The predicted octanol–water partition coefficient (Wildman–Crippen LogP) is 3.38. The van der Waals surface area contributed by atoms with Crippen molar-refractivity contribution in [2.24, 2.45) is 0 Å². The summed E-state index contributed by atoms with van der Waals surface area (Å²) in [4.78, 5) is 12.2. The molecule has 0 radical (unpaired) electrons. The zero-order valence-electron chi connectivity index (χ0n) is 14.4. The van der Waals surface area contributed by atoms with E-state index >= 15 is 0 Å². The topological polar surface area (TPSA) is 66.0 Å². The third kappa shape index (κ3) is 7.06. The first-order valence-electron chi connectivity index (χ1n) is 7.86. The van der Waals surface area contributed by atoms with Crippen molar-refractivity contribution in [3.8, 4) is 17.2 Å². The highest BCUT2D eigenvalue weighted by atomic mass is 19.4. The Hall–Kier alpha value is -2.94. The number of hydrogen-bond donors (Lipinski definition) is 1. The molecule has 146 valence electrons. The Bertz CT molecular complexity index is 735. The number of rotatable bonds is 9. The molecule has 0 saturated carbocycles. The van der Waals surface area contributed by atoms with Gasteiger partial charge in [0.2, 0.25) is 0 Å². The number of methoxy groups -OCH3 is 1. The van der Waals surface area contributed by atoms with Crippen LogP contribution in [0.1, 0.15) is 10.4 Å². The van der Waals surface area contributed by atoms with Crippen LogP contribution in [0.3, 0.4) is 0 Å². The van der Waals surface area contributed by atoms with E-state index in [1.54, 1.807) is 24.3 Å². The number of hydrogen-bond acceptors (Lipinski definition) is 5. The molecule has 0 bridgehead atoms. The Balaban J connectivity index is 1.79. The average molecular weight is 385 g/mol. The van der Waals surface area contributed by atoms with Gasteiger partial charge in [-0.2, -0.15) is 0 Å². The SMILES string of the molecule is COCOc1ccccc1C(=O)NCCOc1ccc(OC(F)(F)F)cc1. The summed E-state index contributed by atoms with van der Waals surface area (Å²) >= 11 is 0. The third-order valence-corrected chi connectivity index (χ3v) is 3.18. The van der Waals surface area contributed by atoms with Crippen molar-refractivity contribution in [2.75, 3.05) is 27.1 Å². The van der Waals surface area contributed by atoms with Gasteiger partial charge >= 0.3 is 6.36 Å². The second-order valence-electron chi connectivity index (χ2n) is 5.17. The summed E-state index contributed by atoms with van der Waals surface area (Å²) in [5.74, 6) is 0.0515. The Morgan fingerprint density at radius 1 is 1.00 bits per heavy atom. The minimum absolute atomic E-state index is 0.0153. The van der Waals surface area contributed by atoms with Crippen LogP contribution in [0.25, 0.3) is 0 Å². The van der Waals surface area contributed by atoms with Crippen LogP contribution in [0.15, 0.2) is 48.5 Å². The zero-order chi connectivity index (χ0) is 19.7. The first-order chi connectivity index (χ1) is 12.9. The summed E-state index contributed by atoms with van der Waals surface area (Å²) in [5.41, 5.74) is 0.350. The Kier molecular flexibility index (Phi) is 7.30. The smallest absolute Gasteiger partial charge is 0.492 e. The number of halogens is 3. The van der Waals surface area contributed by atoms with E-state index in [4.69, 9.17) is 14.2 Å². The van der Waals surface area contributed by atoms with Gasteiger partial charge < -0.3 is 24.3 Å². The van der Waals surface area contributed by atoms with Gasteiger partial charge in [0.05, 0.1) is 12.1 Å². The summed E-state index contributed by atoms with van der Waals surface area (Å²) in [6.07, 6.45) is -4.74. The molecule has 1 N–H and O–H groups in total. The zero-order valence-corrected chi connectivity index (χ0v) is 14.4. The lowest BCUT2D eigenvalue weighted by Gasteiger charge is -2.12. The maximum atomic E-state index is 12.2. The Morgan fingerprint density at radius 2 is 1.67 bits per heavy atom. The van der Waals surface area contributed by atoms with Crippen LogP contribution in [0.4, 0.5) is 13.2 Å². The number of amides is 1. The number of para-hydroxylation sites is 1. The van der Waals surface area contributed by atoms with E-state index in [0.717, 1.165) is 12.1 Å². The number of benzene rings is 2. The van der Waals surface area contributed by atoms with Gasteiger partial charge in [0.15, 0.2) is 6.79 Å². The molecule has 0 heterocycles. The molecule has 1 amide bonds. The summed E-state index contributed by atoms with van der Waals surface area (Å²) in [5, 5.41) is 2.67. The van der Waals surface area contributed by atoms with E-state index in [9.17, 15) is 18.0 Å². The molecule has 0 aliphatic carbocycles. The maximum Gasteiger partial charge on any atom is 0.573 e. The molecule has 2 aromatic rings. The van der Waals surface area contributed by atoms with E-state index < -0.39 is 6.36 Å². The molecule has 2 aromatic carbocycles. The van der Waals surface area contributed by atoms with Gasteiger partial charge in [-0.1, -0.05) is 12.1 Å². The standard InChI is InChI=1S/C18H18F3NO5/c1-24-12-26-16-5-3-2-4-15(16)17(23)22-10-11-25-13-6-8-14(9-7-13)27-18(19,20)21/h2-9H,10-12H2,1H3,(H,22,23). The maximum absolute atomic E-state index is 12.2. The molecule has 0 aliphatic rings. The lowest BCUT2D eigenvalue weighted by Crippen LogP contribution is -2.28. The molecule has 6 nitrogen and oxygen atoms in total. The largest absolute Gasteiger partial charge is 0.573 e. The van der Waals surface area contributed by atoms with E-state index in [1.165, 1.54) is 19.2 Å². The van der Waals surface area contributed by atoms with Gasteiger partial charge in [-0.15, -0.1) is 13.2 Å². The van der Waals surface area contributed by atoms with E-state index in [-0.39, 0.29) is 31.6 Å². The van der Waals surface area contributed by atoms with Gasteiger partial charge in [0.1, 0.15) is 23.9 Å². The fraction of sp³-hybridized carbons (Fsp3) is 0.278. The second kappa shape index (κ2) is 9.67. The van der Waals surface area contributed by atoms with Crippen molar-refractivity contribution >= 4 is 5.91 Å². The van der Waals surface area contributed by atoms with Crippen LogP contribution in [0, 0.1) is 0 Å². The fourth-order valence-corrected chi connectivity index (χ4v) is 2.07. The monoisotopic (exact) mass is 385 g/mol. The van der Waals surface area contributed by atoms with E-state index in [2.05, 4.69) is 10.1 Å². The highest BCUT2D eigenvalue weighted by molar-refractivity contribution is 5.96. The summed E-state index contributed by atoms with van der Waals surface area (Å²) in [6.45, 7) is 0.339. The summed E-state index contributed by atoms with van der Waals surface area (Å²) < 4.78 is 55.6. The third-order valence-electron chi connectivity index (χ3n) is 3.18. The van der Waals surface area contributed by atoms with Gasteiger partial charge in [-0.3, -0.25) is 4.79 Å². The molecule has 9 heteroatoms. The molecule has 0 fully saturated rings. The minimum Gasteiger partial charge on any atom is -0.492 e. The molecular weight excluding hydrogens is 367 g/mol. The molecule has 27 heavy (non-hydrogen) atoms. The lowest BCUT2D eigenvalue weighted by atomic mass is 10.2.